The number of hydrogen-bond acceptors (Lipinski definition) is 4. The normalized spacial score (nSPS) is 25.3. The highest BCUT2D eigenvalue weighted by atomic mass is 28.5. The van der Waals surface area contributed by atoms with Crippen molar-refractivity contribution in [3.05, 3.63) is 0 Å². The molecule has 1 radical (unpaired) electrons. The van der Waals surface area contributed by atoms with Crippen LogP contribution in [0.1, 0.15) is 40.0 Å². The van der Waals surface area contributed by atoms with Crippen LogP contribution in [0.3, 0.4) is 0 Å². The van der Waals surface area contributed by atoms with E-state index in [0.29, 0.717) is 0 Å². The zero-order chi connectivity index (χ0) is 16.1. The van der Waals surface area contributed by atoms with Crippen molar-refractivity contribution in [1.29, 1.82) is 0 Å². The average Bonchev–Trinajstić information content (AvgIpc) is 2.24. The lowest BCUT2D eigenvalue weighted by molar-refractivity contribution is 0.238. The Morgan fingerprint density at radius 1 is 0.714 bits per heavy atom. The van der Waals surface area contributed by atoms with Gasteiger partial charge >= 0.3 is 35.0 Å². The van der Waals surface area contributed by atoms with Gasteiger partial charge in [0.15, 0.2) is 0 Å². The molecule has 0 atom stereocenters. The van der Waals surface area contributed by atoms with Crippen molar-refractivity contribution in [2.24, 2.45) is 0 Å². The largest absolute Gasteiger partial charge is 0.416 e. The first kappa shape index (κ1) is 19.8. The summed E-state index contributed by atoms with van der Waals surface area (Å²) in [6, 6.07) is 3.14. The second-order valence-corrected chi connectivity index (χ2v) is 19.7. The van der Waals surface area contributed by atoms with Gasteiger partial charge in [0.1, 0.15) is 0 Å². The third kappa shape index (κ3) is 6.38. The zero-order valence-electron chi connectivity index (χ0n) is 14.9. The molecule has 1 heterocycles. The highest BCUT2D eigenvalue weighted by Gasteiger charge is 2.51. The van der Waals surface area contributed by atoms with Crippen LogP contribution in [0.25, 0.3) is 0 Å². The molecule has 1 aliphatic rings. The fourth-order valence-corrected chi connectivity index (χ4v) is 22.0. The van der Waals surface area contributed by atoms with Gasteiger partial charge in [-0.05, 0) is 44.3 Å². The summed E-state index contributed by atoms with van der Waals surface area (Å²) in [5.41, 5.74) is 0. The Balaban J connectivity index is 3.05. The molecule has 0 bridgehead atoms. The third-order valence-electron chi connectivity index (χ3n) is 3.30. The molecule has 1 fully saturated rings. The molecule has 8 heteroatoms. The summed E-state index contributed by atoms with van der Waals surface area (Å²) in [6.45, 7) is 15.2. The van der Waals surface area contributed by atoms with Crippen molar-refractivity contribution in [1.82, 2.24) is 0 Å². The van der Waals surface area contributed by atoms with Gasteiger partial charge in [0, 0.05) is 0 Å². The molecule has 0 amide bonds. The van der Waals surface area contributed by atoms with Gasteiger partial charge in [-0.15, -0.1) is 0 Å². The second-order valence-electron chi connectivity index (χ2n) is 6.74. The number of rotatable bonds is 6. The highest BCUT2D eigenvalue weighted by molar-refractivity contribution is 6.90. The predicted octanol–water partition coefficient (Wildman–Crippen LogP) is 4.63. The van der Waals surface area contributed by atoms with Crippen molar-refractivity contribution in [3.8, 4) is 0 Å². The zero-order valence-corrected chi connectivity index (χ0v) is 18.9. The van der Waals surface area contributed by atoms with Crippen molar-refractivity contribution in [3.63, 3.8) is 0 Å². The van der Waals surface area contributed by atoms with Gasteiger partial charge < -0.3 is 16.5 Å². The monoisotopic (exact) mass is 365 g/mol. The Hall–Kier alpha value is 0.708. The van der Waals surface area contributed by atoms with E-state index in [0.717, 1.165) is 37.4 Å². The Morgan fingerprint density at radius 2 is 1.29 bits per heavy atom. The Kier molecular flexibility index (Phi) is 7.52. The van der Waals surface area contributed by atoms with E-state index in [1.807, 2.05) is 0 Å². The Morgan fingerprint density at radius 3 is 1.76 bits per heavy atom. The van der Waals surface area contributed by atoms with E-state index in [2.05, 4.69) is 47.0 Å². The maximum Gasteiger partial charge on any atom is 0.365 e. The molecule has 0 aliphatic carbocycles. The summed E-state index contributed by atoms with van der Waals surface area (Å²) in [5, 5.41) is 0. The molecule has 21 heavy (non-hydrogen) atoms. The summed E-state index contributed by atoms with van der Waals surface area (Å²) in [4.78, 5) is 0. The van der Waals surface area contributed by atoms with Crippen LogP contribution >= 0.6 is 0 Å². The van der Waals surface area contributed by atoms with Gasteiger partial charge in [0.25, 0.3) is 0 Å². The summed E-state index contributed by atoms with van der Waals surface area (Å²) in [5.74, 6) is 0. The van der Waals surface area contributed by atoms with E-state index in [1.54, 1.807) is 0 Å². The van der Waals surface area contributed by atoms with Gasteiger partial charge in [-0.1, -0.05) is 40.0 Å². The molecular formula is C13H33O4Si4. The second kappa shape index (κ2) is 8.00. The predicted molar refractivity (Wildman–Crippen MR) is 96.1 cm³/mol. The van der Waals surface area contributed by atoms with Crippen molar-refractivity contribution in [2.45, 2.75) is 84.4 Å². The smallest absolute Gasteiger partial charge is 0.365 e. The lowest BCUT2D eigenvalue weighted by Gasteiger charge is -2.45. The molecule has 0 unspecified atom stereocenters. The SMILES string of the molecule is CCC[Si]1O[Si](C)(C)O[Si](C)(C)O[Si](CCC)(CCC)O1. The first-order valence-corrected chi connectivity index (χ1v) is 17.7. The maximum absolute atomic E-state index is 6.67. The van der Waals surface area contributed by atoms with Gasteiger partial charge in [-0.25, -0.2) is 0 Å². The van der Waals surface area contributed by atoms with Crippen molar-refractivity contribution in [2.75, 3.05) is 0 Å². The average molecular weight is 366 g/mol. The van der Waals surface area contributed by atoms with E-state index in [4.69, 9.17) is 16.5 Å². The van der Waals surface area contributed by atoms with Crippen LogP contribution in [0.5, 0.6) is 0 Å². The van der Waals surface area contributed by atoms with E-state index < -0.39 is 35.0 Å². The van der Waals surface area contributed by atoms with Crippen LogP contribution in [0.4, 0.5) is 0 Å². The van der Waals surface area contributed by atoms with Crippen LogP contribution in [0.2, 0.25) is 44.3 Å². The van der Waals surface area contributed by atoms with E-state index in [9.17, 15) is 0 Å². The minimum absolute atomic E-state index is 1.03. The summed E-state index contributed by atoms with van der Waals surface area (Å²) in [6.07, 6.45) is 3.32. The fourth-order valence-electron chi connectivity index (χ4n) is 3.00. The van der Waals surface area contributed by atoms with Crippen LogP contribution in [0.15, 0.2) is 0 Å². The molecule has 0 saturated carbocycles. The molecule has 1 rings (SSSR count). The molecule has 125 valence electrons. The summed E-state index contributed by atoms with van der Waals surface area (Å²) < 4.78 is 26.1. The fraction of sp³-hybridized carbons (Fsp3) is 1.00. The minimum atomic E-state index is -2.18. The maximum atomic E-state index is 6.67. The molecule has 0 spiro atoms. The van der Waals surface area contributed by atoms with E-state index >= 15 is 0 Å². The molecule has 0 aromatic rings. The van der Waals surface area contributed by atoms with E-state index in [-0.39, 0.29) is 0 Å². The Bertz CT molecular complexity index is 319. The molecular weight excluding hydrogens is 332 g/mol. The highest BCUT2D eigenvalue weighted by Crippen LogP contribution is 2.33. The minimum Gasteiger partial charge on any atom is -0.416 e. The van der Waals surface area contributed by atoms with Crippen LogP contribution in [-0.4, -0.2) is 35.0 Å². The van der Waals surface area contributed by atoms with Crippen LogP contribution < -0.4 is 0 Å². The summed E-state index contributed by atoms with van der Waals surface area (Å²) >= 11 is 0. The Labute approximate surface area is 136 Å². The number of hydrogen-bond donors (Lipinski definition) is 0. The van der Waals surface area contributed by atoms with Crippen molar-refractivity contribution >= 4 is 35.0 Å². The van der Waals surface area contributed by atoms with Gasteiger partial charge in [-0.3, -0.25) is 0 Å². The molecule has 0 N–H and O–H groups in total. The first-order valence-electron chi connectivity index (χ1n) is 8.31. The van der Waals surface area contributed by atoms with Gasteiger partial charge in [0.2, 0.25) is 0 Å². The third-order valence-corrected chi connectivity index (χ3v) is 19.4. The topological polar surface area (TPSA) is 36.9 Å². The summed E-state index contributed by atoms with van der Waals surface area (Å²) in [7, 11) is -7.77. The molecule has 4 nitrogen and oxygen atoms in total. The van der Waals surface area contributed by atoms with Crippen LogP contribution in [0, 0.1) is 0 Å². The van der Waals surface area contributed by atoms with Crippen LogP contribution in [-0.2, 0) is 16.5 Å². The van der Waals surface area contributed by atoms with E-state index in [1.165, 1.54) is 0 Å². The lowest BCUT2D eigenvalue weighted by atomic mass is 10.6. The quantitative estimate of drug-likeness (QED) is 0.643. The molecule has 1 saturated heterocycles. The first-order chi connectivity index (χ1) is 9.67. The van der Waals surface area contributed by atoms with Gasteiger partial charge in [0.05, 0.1) is 0 Å². The molecule has 0 aromatic heterocycles. The standard InChI is InChI=1S/C13H33O4Si4/c1-8-11-18-14-19(4,5)16-20(6,7)17-21(15-18,12-9-2)13-10-3/h8-13H2,1-7H3. The van der Waals surface area contributed by atoms with Gasteiger partial charge in [-0.2, -0.15) is 0 Å². The lowest BCUT2D eigenvalue weighted by Crippen LogP contribution is -2.62. The molecule has 1 aliphatic heterocycles. The molecule has 0 aromatic carbocycles. The van der Waals surface area contributed by atoms with Crippen molar-refractivity contribution < 1.29 is 16.5 Å².